The third-order valence-corrected chi connectivity index (χ3v) is 7.77. The van der Waals surface area contributed by atoms with Crippen LogP contribution in [0.3, 0.4) is 0 Å². The van der Waals surface area contributed by atoms with Crippen molar-refractivity contribution in [1.82, 2.24) is 19.7 Å². The molecular weight excluding hydrogens is 538 g/mol. The molecule has 10 heteroatoms. The number of nitrogens with zero attached hydrogens (tertiary/aromatic N) is 4. The van der Waals surface area contributed by atoms with Crippen molar-refractivity contribution >= 4 is 45.7 Å². The smallest absolute Gasteiger partial charge is 0.236 e. The fourth-order valence-corrected chi connectivity index (χ4v) is 5.49. The Kier molecular flexibility index (Phi) is 8.37. The molecule has 38 heavy (non-hydrogen) atoms. The Morgan fingerprint density at radius 3 is 2.58 bits per heavy atom. The summed E-state index contributed by atoms with van der Waals surface area (Å²) in [5.41, 5.74) is 3.08. The van der Waals surface area contributed by atoms with Gasteiger partial charge in [-0.2, -0.15) is 0 Å². The lowest BCUT2D eigenvalue weighted by Crippen LogP contribution is -2.14. The van der Waals surface area contributed by atoms with Crippen molar-refractivity contribution in [1.29, 1.82) is 0 Å². The van der Waals surface area contributed by atoms with Gasteiger partial charge >= 0.3 is 0 Å². The van der Waals surface area contributed by atoms with Crippen LogP contribution in [0.1, 0.15) is 21.8 Å². The van der Waals surface area contributed by atoms with Crippen LogP contribution in [0.15, 0.2) is 90.2 Å². The van der Waals surface area contributed by atoms with Crippen LogP contribution in [-0.4, -0.2) is 31.4 Å². The van der Waals surface area contributed by atoms with Crippen LogP contribution in [0.5, 0.6) is 5.75 Å². The predicted molar refractivity (Wildman–Crippen MR) is 153 cm³/mol. The van der Waals surface area contributed by atoms with E-state index >= 15 is 0 Å². The number of aromatic nitrogens is 4. The first-order valence-corrected chi connectivity index (χ1v) is 14.0. The minimum atomic E-state index is -0.172. The number of halogens is 1. The summed E-state index contributed by atoms with van der Waals surface area (Å²) in [6.07, 6.45) is 2.43. The van der Waals surface area contributed by atoms with E-state index in [-0.39, 0.29) is 18.3 Å². The number of carbonyl (C=O) groups is 1. The summed E-state index contributed by atoms with van der Waals surface area (Å²) in [6.45, 7) is 2.27. The summed E-state index contributed by atoms with van der Waals surface area (Å²) in [6, 6.07) is 25.4. The van der Waals surface area contributed by atoms with Gasteiger partial charge in [0.2, 0.25) is 5.91 Å². The standard InChI is InChI=1S/C28H24ClN5O2S2/c1-19-11-13-22(14-12-19)36-17-25-32-33-28(34(25)21-8-3-2-4-9-21)37-18-26(35)31-27-30-16-23(38-27)15-20-7-5-6-10-24(20)29/h2-14,16H,15,17-18H2,1H3,(H,30,31,35). The first kappa shape index (κ1) is 26.0. The number of rotatable bonds is 10. The molecule has 2 heterocycles. The molecule has 0 saturated heterocycles. The van der Waals surface area contributed by atoms with Crippen LogP contribution in [-0.2, 0) is 17.8 Å². The minimum absolute atomic E-state index is 0.156. The first-order chi connectivity index (χ1) is 18.5. The quantitative estimate of drug-likeness (QED) is 0.194. The maximum atomic E-state index is 12.7. The van der Waals surface area contributed by atoms with E-state index in [1.54, 1.807) is 6.20 Å². The van der Waals surface area contributed by atoms with Gasteiger partial charge in [0, 0.05) is 28.2 Å². The number of nitrogens with one attached hydrogen (secondary N) is 1. The zero-order valence-electron chi connectivity index (χ0n) is 20.5. The molecule has 0 aliphatic rings. The summed E-state index contributed by atoms with van der Waals surface area (Å²) in [4.78, 5) is 18.1. The van der Waals surface area contributed by atoms with Crippen molar-refractivity contribution in [2.45, 2.75) is 25.1 Å². The molecule has 1 N–H and O–H groups in total. The highest BCUT2D eigenvalue weighted by atomic mass is 35.5. The summed E-state index contributed by atoms with van der Waals surface area (Å²) in [5.74, 6) is 1.38. The normalized spacial score (nSPS) is 10.9. The molecule has 192 valence electrons. The van der Waals surface area contributed by atoms with E-state index in [0.717, 1.165) is 27.4 Å². The number of anilines is 1. The number of thioether (sulfide) groups is 1. The second-order valence-corrected chi connectivity index (χ2v) is 10.9. The average molecular weight is 562 g/mol. The van der Waals surface area contributed by atoms with Crippen molar-refractivity contribution in [3.63, 3.8) is 0 Å². The molecule has 0 aliphatic heterocycles. The van der Waals surface area contributed by atoms with Crippen LogP contribution in [0.2, 0.25) is 5.02 Å². The van der Waals surface area contributed by atoms with Crippen molar-refractivity contribution < 1.29 is 9.53 Å². The molecule has 0 bridgehead atoms. The summed E-state index contributed by atoms with van der Waals surface area (Å²) in [5, 5.41) is 13.5. The molecule has 0 unspecified atom stereocenters. The molecule has 0 spiro atoms. The van der Waals surface area contributed by atoms with Crippen molar-refractivity contribution in [3.05, 3.63) is 112 Å². The Morgan fingerprint density at radius 1 is 1.03 bits per heavy atom. The third-order valence-electron chi connectivity index (χ3n) is 5.56. The van der Waals surface area contributed by atoms with Crippen LogP contribution in [0, 0.1) is 6.92 Å². The van der Waals surface area contributed by atoms with Gasteiger partial charge in [-0.3, -0.25) is 9.36 Å². The van der Waals surface area contributed by atoms with Crippen LogP contribution in [0.25, 0.3) is 5.69 Å². The second kappa shape index (κ2) is 12.3. The van der Waals surface area contributed by atoms with Crippen LogP contribution >= 0.6 is 34.7 Å². The van der Waals surface area contributed by atoms with Gasteiger partial charge in [-0.25, -0.2) is 4.98 Å². The predicted octanol–water partition coefficient (Wildman–Crippen LogP) is 6.59. The number of carbonyl (C=O) groups excluding carboxylic acids is 1. The Bertz CT molecular complexity index is 1520. The largest absolute Gasteiger partial charge is 0.486 e. The fraction of sp³-hybridized carbons (Fsp3) is 0.143. The Morgan fingerprint density at radius 2 is 1.79 bits per heavy atom. The third kappa shape index (κ3) is 6.61. The van der Waals surface area contributed by atoms with E-state index in [2.05, 4.69) is 20.5 Å². The Labute approximate surface area is 233 Å². The van der Waals surface area contributed by atoms with Crippen molar-refractivity contribution in [2.24, 2.45) is 0 Å². The second-order valence-electron chi connectivity index (χ2n) is 8.41. The van der Waals surface area contributed by atoms with E-state index in [1.165, 1.54) is 23.1 Å². The van der Waals surface area contributed by atoms with Crippen molar-refractivity contribution in [2.75, 3.05) is 11.1 Å². The molecule has 0 radical (unpaired) electrons. The maximum Gasteiger partial charge on any atom is 0.236 e. The fourth-order valence-electron chi connectivity index (χ4n) is 3.67. The first-order valence-electron chi connectivity index (χ1n) is 11.8. The zero-order valence-corrected chi connectivity index (χ0v) is 22.9. The molecule has 5 rings (SSSR count). The van der Waals surface area contributed by atoms with Crippen LogP contribution < -0.4 is 10.1 Å². The molecule has 1 amide bonds. The van der Waals surface area contributed by atoms with Gasteiger partial charge in [-0.1, -0.05) is 77.5 Å². The maximum absolute atomic E-state index is 12.7. The lowest BCUT2D eigenvalue weighted by atomic mass is 10.1. The van der Waals surface area contributed by atoms with E-state index in [4.69, 9.17) is 16.3 Å². The number of thiazole rings is 1. The number of para-hydroxylation sites is 1. The minimum Gasteiger partial charge on any atom is -0.486 e. The number of hydrogen-bond donors (Lipinski definition) is 1. The van der Waals surface area contributed by atoms with E-state index in [9.17, 15) is 4.79 Å². The van der Waals surface area contributed by atoms with Crippen LogP contribution in [0.4, 0.5) is 5.13 Å². The molecule has 5 aromatic rings. The van der Waals surface area contributed by atoms with E-state index in [1.807, 2.05) is 90.4 Å². The van der Waals surface area contributed by atoms with Gasteiger partial charge in [0.25, 0.3) is 0 Å². The lowest BCUT2D eigenvalue weighted by molar-refractivity contribution is -0.113. The highest BCUT2D eigenvalue weighted by molar-refractivity contribution is 7.99. The van der Waals surface area contributed by atoms with Gasteiger partial charge < -0.3 is 10.1 Å². The molecule has 0 saturated carbocycles. The van der Waals surface area contributed by atoms with Gasteiger partial charge in [-0.05, 0) is 42.8 Å². The molecule has 2 aromatic heterocycles. The molecule has 0 fully saturated rings. The Hall–Kier alpha value is -3.66. The molecule has 7 nitrogen and oxygen atoms in total. The molecule has 0 aliphatic carbocycles. The molecule has 0 atom stereocenters. The highest BCUT2D eigenvalue weighted by Crippen LogP contribution is 2.26. The average Bonchev–Trinajstić information content (AvgIpc) is 3.55. The van der Waals surface area contributed by atoms with E-state index < -0.39 is 0 Å². The van der Waals surface area contributed by atoms with E-state index in [0.29, 0.717) is 27.6 Å². The van der Waals surface area contributed by atoms with Gasteiger partial charge in [0.1, 0.15) is 12.4 Å². The summed E-state index contributed by atoms with van der Waals surface area (Å²) in [7, 11) is 0. The number of amides is 1. The zero-order chi connectivity index (χ0) is 26.3. The number of aryl methyl sites for hydroxylation is 1. The topological polar surface area (TPSA) is 81.9 Å². The summed E-state index contributed by atoms with van der Waals surface area (Å²) >= 11 is 9.01. The van der Waals surface area contributed by atoms with Gasteiger partial charge in [-0.15, -0.1) is 21.5 Å². The van der Waals surface area contributed by atoms with Gasteiger partial charge in [0.15, 0.2) is 16.1 Å². The lowest BCUT2D eigenvalue weighted by Gasteiger charge is -2.11. The van der Waals surface area contributed by atoms with Gasteiger partial charge in [0.05, 0.1) is 5.75 Å². The number of hydrogen-bond acceptors (Lipinski definition) is 7. The number of benzene rings is 3. The molecule has 3 aromatic carbocycles. The molecular formula is C28H24ClN5O2S2. The SMILES string of the molecule is Cc1ccc(OCc2nnc(SCC(=O)Nc3ncc(Cc4ccccc4Cl)s3)n2-c2ccccc2)cc1. The van der Waals surface area contributed by atoms with Crippen molar-refractivity contribution in [3.8, 4) is 11.4 Å². The highest BCUT2D eigenvalue weighted by Gasteiger charge is 2.17. The Balaban J connectivity index is 1.23. The number of ether oxygens (including phenoxy) is 1. The monoisotopic (exact) mass is 561 g/mol. The summed E-state index contributed by atoms with van der Waals surface area (Å²) < 4.78 is 7.87.